The van der Waals surface area contributed by atoms with Crippen molar-refractivity contribution in [2.45, 2.75) is 45.1 Å². The Hall–Kier alpha value is -2.96. The van der Waals surface area contributed by atoms with Crippen LogP contribution in [0.25, 0.3) is 6.08 Å². The van der Waals surface area contributed by atoms with Crippen LogP contribution >= 0.6 is 0 Å². The Labute approximate surface area is 183 Å². The molecule has 2 amide bonds. The number of amides is 2. The summed E-state index contributed by atoms with van der Waals surface area (Å²) in [5.41, 5.74) is 1.81. The van der Waals surface area contributed by atoms with E-state index in [1.54, 1.807) is 16.8 Å². The molecule has 7 nitrogen and oxygen atoms in total. The summed E-state index contributed by atoms with van der Waals surface area (Å²) in [4.78, 5) is 29.3. The summed E-state index contributed by atoms with van der Waals surface area (Å²) in [6.07, 6.45) is 11.3. The first kappa shape index (κ1) is 21.3. The van der Waals surface area contributed by atoms with Crippen molar-refractivity contribution >= 4 is 17.9 Å². The van der Waals surface area contributed by atoms with Crippen LogP contribution in [-0.4, -0.2) is 62.8 Å². The van der Waals surface area contributed by atoms with E-state index in [0.29, 0.717) is 31.2 Å². The molecule has 1 aromatic heterocycles. The smallest absolute Gasteiger partial charge is 0.246 e. The second kappa shape index (κ2) is 10.4. The number of likely N-dealkylation sites (tertiary alicyclic amines) is 2. The van der Waals surface area contributed by atoms with E-state index in [1.165, 1.54) is 12.8 Å². The first-order chi connectivity index (χ1) is 15.2. The first-order valence-corrected chi connectivity index (χ1v) is 11.4. The van der Waals surface area contributed by atoms with E-state index in [0.717, 1.165) is 44.3 Å². The predicted molar refractivity (Wildman–Crippen MR) is 119 cm³/mol. The Morgan fingerprint density at radius 3 is 2.35 bits per heavy atom. The van der Waals surface area contributed by atoms with Gasteiger partial charge < -0.3 is 9.80 Å². The van der Waals surface area contributed by atoms with Gasteiger partial charge in [-0.2, -0.15) is 0 Å². The minimum absolute atomic E-state index is 0.0294. The van der Waals surface area contributed by atoms with Crippen molar-refractivity contribution < 1.29 is 9.59 Å². The van der Waals surface area contributed by atoms with Crippen molar-refractivity contribution in [1.29, 1.82) is 0 Å². The van der Waals surface area contributed by atoms with Gasteiger partial charge in [0.2, 0.25) is 11.8 Å². The minimum atomic E-state index is -0.0294. The van der Waals surface area contributed by atoms with Crippen molar-refractivity contribution in [3.8, 4) is 0 Å². The minimum Gasteiger partial charge on any atom is -0.342 e. The number of aromatic nitrogens is 3. The second-order valence-electron chi connectivity index (χ2n) is 8.50. The molecule has 2 aromatic rings. The third-order valence-electron chi connectivity index (χ3n) is 6.21. The van der Waals surface area contributed by atoms with Gasteiger partial charge in [0.1, 0.15) is 5.69 Å². The zero-order valence-corrected chi connectivity index (χ0v) is 18.0. The SMILES string of the molecule is O=C(/C=C/c1cn(Cc2ccccc2)nn1)N1CCC(C(=O)N2CCCCCC2)CC1. The van der Waals surface area contributed by atoms with E-state index in [-0.39, 0.29) is 11.8 Å². The van der Waals surface area contributed by atoms with Crippen LogP contribution < -0.4 is 0 Å². The lowest BCUT2D eigenvalue weighted by atomic mass is 9.95. The van der Waals surface area contributed by atoms with Crippen LogP contribution in [0.15, 0.2) is 42.6 Å². The molecule has 0 N–H and O–H groups in total. The molecule has 0 unspecified atom stereocenters. The topological polar surface area (TPSA) is 71.3 Å². The summed E-state index contributed by atoms with van der Waals surface area (Å²) >= 11 is 0. The molecular weight excluding hydrogens is 390 g/mol. The van der Waals surface area contributed by atoms with Crippen LogP contribution in [0.4, 0.5) is 0 Å². The van der Waals surface area contributed by atoms with Gasteiger partial charge in [-0.25, -0.2) is 4.68 Å². The van der Waals surface area contributed by atoms with Crippen LogP contribution in [0, 0.1) is 5.92 Å². The summed E-state index contributed by atoms with van der Waals surface area (Å²) in [5.74, 6) is 0.321. The molecule has 0 aliphatic carbocycles. The molecule has 164 valence electrons. The number of hydrogen-bond acceptors (Lipinski definition) is 4. The molecule has 0 radical (unpaired) electrons. The van der Waals surface area contributed by atoms with Crippen molar-refractivity contribution in [2.24, 2.45) is 5.92 Å². The van der Waals surface area contributed by atoms with Crippen molar-refractivity contribution in [2.75, 3.05) is 26.2 Å². The molecule has 2 aliphatic heterocycles. The molecule has 7 heteroatoms. The summed E-state index contributed by atoms with van der Waals surface area (Å²) in [6, 6.07) is 10.1. The van der Waals surface area contributed by atoms with Gasteiger partial charge in [-0.3, -0.25) is 9.59 Å². The number of rotatable bonds is 5. The predicted octanol–water partition coefficient (Wildman–Crippen LogP) is 2.98. The fourth-order valence-corrected chi connectivity index (χ4v) is 4.40. The average molecular weight is 422 g/mol. The van der Waals surface area contributed by atoms with E-state index in [2.05, 4.69) is 10.3 Å². The second-order valence-corrected chi connectivity index (χ2v) is 8.50. The van der Waals surface area contributed by atoms with E-state index < -0.39 is 0 Å². The van der Waals surface area contributed by atoms with Crippen LogP contribution in [0.2, 0.25) is 0 Å². The van der Waals surface area contributed by atoms with Crippen molar-refractivity contribution in [3.05, 3.63) is 53.9 Å². The maximum absolute atomic E-state index is 12.8. The maximum atomic E-state index is 12.8. The average Bonchev–Trinajstić information content (AvgIpc) is 3.07. The molecule has 4 rings (SSSR count). The molecule has 1 aromatic carbocycles. The monoisotopic (exact) mass is 421 g/mol. The molecule has 2 aliphatic rings. The molecule has 0 spiro atoms. The molecule has 31 heavy (non-hydrogen) atoms. The highest BCUT2D eigenvalue weighted by Gasteiger charge is 2.29. The summed E-state index contributed by atoms with van der Waals surface area (Å²) in [5, 5.41) is 8.26. The fourth-order valence-electron chi connectivity index (χ4n) is 4.40. The lowest BCUT2D eigenvalue weighted by Gasteiger charge is -2.33. The Balaban J connectivity index is 1.25. The molecule has 2 fully saturated rings. The first-order valence-electron chi connectivity index (χ1n) is 11.4. The van der Waals surface area contributed by atoms with Gasteiger partial charge >= 0.3 is 0 Å². The fraction of sp³-hybridized carbons (Fsp3) is 0.500. The molecule has 0 atom stereocenters. The zero-order valence-electron chi connectivity index (χ0n) is 18.0. The van der Waals surface area contributed by atoms with E-state index in [1.807, 2.05) is 46.3 Å². The highest BCUT2D eigenvalue weighted by Crippen LogP contribution is 2.22. The van der Waals surface area contributed by atoms with Crippen molar-refractivity contribution in [3.63, 3.8) is 0 Å². The summed E-state index contributed by atoms with van der Waals surface area (Å²) in [7, 11) is 0. The van der Waals surface area contributed by atoms with Crippen LogP contribution in [-0.2, 0) is 16.1 Å². The number of hydrogen-bond donors (Lipinski definition) is 0. The maximum Gasteiger partial charge on any atom is 0.246 e. The zero-order chi connectivity index (χ0) is 21.5. The molecule has 0 saturated carbocycles. The van der Waals surface area contributed by atoms with E-state index >= 15 is 0 Å². The molecule has 3 heterocycles. The highest BCUT2D eigenvalue weighted by atomic mass is 16.2. The van der Waals surface area contributed by atoms with Crippen LogP contribution in [0.3, 0.4) is 0 Å². The normalized spacial score (nSPS) is 18.3. The van der Waals surface area contributed by atoms with Crippen LogP contribution in [0.1, 0.15) is 49.8 Å². The third-order valence-corrected chi connectivity index (χ3v) is 6.21. The standard InChI is InChI=1S/C24H31N5O2/c30-23(11-10-22-19-29(26-25-22)18-20-8-4-3-5-9-20)27-16-12-21(13-17-27)24(31)28-14-6-1-2-7-15-28/h3-5,8-11,19,21H,1-2,6-7,12-18H2/b11-10+. The Bertz CT molecular complexity index is 892. The van der Waals surface area contributed by atoms with Gasteiger partial charge in [0, 0.05) is 38.2 Å². The van der Waals surface area contributed by atoms with Crippen molar-refractivity contribution in [1.82, 2.24) is 24.8 Å². The van der Waals surface area contributed by atoms with Gasteiger partial charge in [-0.15, -0.1) is 5.10 Å². The number of benzene rings is 1. The Morgan fingerprint density at radius 1 is 0.935 bits per heavy atom. The number of carbonyl (C=O) groups is 2. The number of piperidine rings is 1. The molecule has 2 saturated heterocycles. The Kier molecular flexibility index (Phi) is 7.12. The van der Waals surface area contributed by atoms with Gasteiger partial charge in [-0.1, -0.05) is 48.4 Å². The lowest BCUT2D eigenvalue weighted by molar-refractivity contribution is -0.139. The van der Waals surface area contributed by atoms with Gasteiger partial charge in [0.25, 0.3) is 0 Å². The van der Waals surface area contributed by atoms with Gasteiger partial charge in [-0.05, 0) is 37.3 Å². The molecular formula is C24H31N5O2. The lowest BCUT2D eigenvalue weighted by Crippen LogP contribution is -2.44. The van der Waals surface area contributed by atoms with Gasteiger partial charge in [0.05, 0.1) is 12.7 Å². The van der Waals surface area contributed by atoms with E-state index in [4.69, 9.17) is 0 Å². The number of carbonyl (C=O) groups excluding carboxylic acids is 2. The van der Waals surface area contributed by atoms with Gasteiger partial charge in [0.15, 0.2) is 0 Å². The number of nitrogens with zero attached hydrogens (tertiary/aromatic N) is 5. The quantitative estimate of drug-likeness (QED) is 0.696. The Morgan fingerprint density at radius 2 is 1.65 bits per heavy atom. The molecule has 0 bridgehead atoms. The largest absolute Gasteiger partial charge is 0.342 e. The van der Waals surface area contributed by atoms with E-state index in [9.17, 15) is 9.59 Å². The third kappa shape index (κ3) is 5.81. The highest BCUT2D eigenvalue weighted by molar-refractivity contribution is 5.91. The van der Waals surface area contributed by atoms with Crippen LogP contribution in [0.5, 0.6) is 0 Å². The summed E-state index contributed by atoms with van der Waals surface area (Å²) in [6.45, 7) is 3.70. The summed E-state index contributed by atoms with van der Waals surface area (Å²) < 4.78 is 1.76.